The molecule has 8 nitrogen and oxygen atoms in total. The maximum Gasteiger partial charge on any atom is 0.269 e. The van der Waals surface area contributed by atoms with Gasteiger partial charge >= 0.3 is 0 Å². The molecule has 0 unspecified atom stereocenters. The highest BCUT2D eigenvalue weighted by molar-refractivity contribution is 5.33. The molecule has 1 heterocycles. The SMILES string of the molecule is Cn1nnnc1NCCc1ccc([N+](=O)[O-])cc1. The van der Waals surface area contributed by atoms with Gasteiger partial charge in [-0.15, -0.1) is 0 Å². The molecule has 0 radical (unpaired) electrons. The molecular formula is C10H12N6O2. The summed E-state index contributed by atoms with van der Waals surface area (Å²) in [6, 6.07) is 6.49. The minimum absolute atomic E-state index is 0.101. The average Bonchev–Trinajstić information content (AvgIpc) is 2.76. The van der Waals surface area contributed by atoms with Gasteiger partial charge in [0, 0.05) is 25.7 Å². The molecule has 1 aromatic carbocycles. The van der Waals surface area contributed by atoms with Crippen molar-refractivity contribution in [2.45, 2.75) is 6.42 Å². The summed E-state index contributed by atoms with van der Waals surface area (Å²) < 4.78 is 1.54. The van der Waals surface area contributed by atoms with Crippen molar-refractivity contribution >= 4 is 11.6 Å². The van der Waals surface area contributed by atoms with Crippen molar-refractivity contribution < 1.29 is 4.92 Å². The molecule has 0 aliphatic heterocycles. The van der Waals surface area contributed by atoms with Gasteiger partial charge in [0.25, 0.3) is 5.69 Å². The van der Waals surface area contributed by atoms with E-state index in [4.69, 9.17) is 0 Å². The number of tetrazole rings is 1. The second-order valence-corrected chi connectivity index (χ2v) is 3.73. The van der Waals surface area contributed by atoms with Crippen LogP contribution in [0.2, 0.25) is 0 Å². The van der Waals surface area contributed by atoms with Gasteiger partial charge in [-0.1, -0.05) is 17.2 Å². The number of aryl methyl sites for hydroxylation is 1. The fourth-order valence-corrected chi connectivity index (χ4v) is 1.48. The summed E-state index contributed by atoms with van der Waals surface area (Å²) in [6.07, 6.45) is 0.741. The van der Waals surface area contributed by atoms with Crippen LogP contribution in [0.1, 0.15) is 5.56 Å². The lowest BCUT2D eigenvalue weighted by molar-refractivity contribution is -0.384. The number of anilines is 1. The van der Waals surface area contributed by atoms with Crippen LogP contribution in [0.5, 0.6) is 0 Å². The molecule has 1 aromatic heterocycles. The molecule has 0 fully saturated rings. The third-order valence-electron chi connectivity index (χ3n) is 2.46. The summed E-state index contributed by atoms with van der Waals surface area (Å²) >= 11 is 0. The smallest absolute Gasteiger partial charge is 0.269 e. The van der Waals surface area contributed by atoms with E-state index in [0.717, 1.165) is 12.0 Å². The van der Waals surface area contributed by atoms with Crippen LogP contribution in [0.25, 0.3) is 0 Å². The first-order chi connectivity index (χ1) is 8.66. The summed E-state index contributed by atoms with van der Waals surface area (Å²) in [7, 11) is 1.74. The van der Waals surface area contributed by atoms with Gasteiger partial charge in [-0.3, -0.25) is 10.1 Å². The Morgan fingerprint density at radius 3 is 2.67 bits per heavy atom. The molecule has 0 saturated carbocycles. The van der Waals surface area contributed by atoms with Crippen LogP contribution in [-0.4, -0.2) is 31.7 Å². The fourth-order valence-electron chi connectivity index (χ4n) is 1.48. The van der Waals surface area contributed by atoms with E-state index in [0.29, 0.717) is 12.5 Å². The van der Waals surface area contributed by atoms with Crippen LogP contribution in [-0.2, 0) is 13.5 Å². The Labute approximate surface area is 103 Å². The van der Waals surface area contributed by atoms with E-state index >= 15 is 0 Å². The number of nitro groups is 1. The number of aromatic nitrogens is 4. The predicted octanol–water partition coefficient (Wildman–Crippen LogP) is 0.773. The van der Waals surface area contributed by atoms with Crippen LogP contribution in [0, 0.1) is 10.1 Å². The molecule has 0 aliphatic carbocycles. The number of nitro benzene ring substituents is 1. The molecule has 2 rings (SSSR count). The molecule has 18 heavy (non-hydrogen) atoms. The highest BCUT2D eigenvalue weighted by Gasteiger charge is 2.04. The molecule has 94 valence electrons. The number of hydrogen-bond donors (Lipinski definition) is 1. The highest BCUT2D eigenvalue weighted by Crippen LogP contribution is 2.12. The van der Waals surface area contributed by atoms with Crippen molar-refractivity contribution in [3.63, 3.8) is 0 Å². The number of hydrogen-bond acceptors (Lipinski definition) is 6. The molecule has 2 aromatic rings. The molecule has 0 bridgehead atoms. The third-order valence-corrected chi connectivity index (χ3v) is 2.46. The van der Waals surface area contributed by atoms with Gasteiger partial charge in [0.2, 0.25) is 5.95 Å². The van der Waals surface area contributed by atoms with Crippen LogP contribution in [0.3, 0.4) is 0 Å². The molecule has 8 heteroatoms. The lowest BCUT2D eigenvalue weighted by atomic mass is 10.1. The van der Waals surface area contributed by atoms with E-state index in [-0.39, 0.29) is 5.69 Å². The number of nitrogens with one attached hydrogen (secondary N) is 1. The van der Waals surface area contributed by atoms with E-state index in [2.05, 4.69) is 20.8 Å². The zero-order valence-corrected chi connectivity index (χ0v) is 9.78. The zero-order chi connectivity index (χ0) is 13.0. The summed E-state index contributed by atoms with van der Waals surface area (Å²) in [6.45, 7) is 0.659. The molecular weight excluding hydrogens is 236 g/mol. The first-order valence-corrected chi connectivity index (χ1v) is 5.36. The normalized spacial score (nSPS) is 10.3. The van der Waals surface area contributed by atoms with Gasteiger partial charge in [-0.2, -0.15) is 0 Å². The van der Waals surface area contributed by atoms with Gasteiger partial charge in [-0.05, 0) is 22.4 Å². The highest BCUT2D eigenvalue weighted by atomic mass is 16.6. The van der Waals surface area contributed by atoms with Crippen molar-refractivity contribution in [1.82, 2.24) is 20.2 Å². The Hall–Kier alpha value is -2.51. The topological polar surface area (TPSA) is 98.8 Å². The number of non-ortho nitro benzene ring substituents is 1. The second kappa shape index (κ2) is 5.21. The number of rotatable bonds is 5. The van der Waals surface area contributed by atoms with Crippen LogP contribution in [0.15, 0.2) is 24.3 Å². The molecule has 0 amide bonds. The molecule has 1 N–H and O–H groups in total. The molecule has 0 saturated heterocycles. The molecule has 0 spiro atoms. The van der Waals surface area contributed by atoms with Crippen molar-refractivity contribution in [2.24, 2.45) is 7.05 Å². The average molecular weight is 248 g/mol. The number of nitrogens with zero attached hydrogens (tertiary/aromatic N) is 5. The Balaban J connectivity index is 1.87. The summed E-state index contributed by atoms with van der Waals surface area (Å²) in [5.74, 6) is 0.594. The minimum Gasteiger partial charge on any atom is -0.353 e. The lowest BCUT2D eigenvalue weighted by Crippen LogP contribution is -2.09. The summed E-state index contributed by atoms with van der Waals surface area (Å²) in [4.78, 5) is 10.1. The fraction of sp³-hybridized carbons (Fsp3) is 0.300. The summed E-state index contributed by atoms with van der Waals surface area (Å²) in [5.41, 5.74) is 1.12. The lowest BCUT2D eigenvalue weighted by Gasteiger charge is -2.03. The Morgan fingerprint density at radius 1 is 1.39 bits per heavy atom. The Bertz CT molecular complexity index is 536. The van der Waals surface area contributed by atoms with Crippen LogP contribution in [0.4, 0.5) is 11.6 Å². The van der Waals surface area contributed by atoms with Gasteiger partial charge in [0.05, 0.1) is 4.92 Å². The first-order valence-electron chi connectivity index (χ1n) is 5.36. The van der Waals surface area contributed by atoms with E-state index in [9.17, 15) is 10.1 Å². The van der Waals surface area contributed by atoms with E-state index < -0.39 is 4.92 Å². The van der Waals surface area contributed by atoms with Gasteiger partial charge in [0.15, 0.2) is 0 Å². The zero-order valence-electron chi connectivity index (χ0n) is 9.78. The van der Waals surface area contributed by atoms with Gasteiger partial charge in [-0.25, -0.2) is 4.68 Å². The van der Waals surface area contributed by atoms with Crippen molar-refractivity contribution in [2.75, 3.05) is 11.9 Å². The van der Waals surface area contributed by atoms with E-state index in [1.165, 1.54) is 16.8 Å². The maximum atomic E-state index is 10.5. The van der Waals surface area contributed by atoms with Crippen molar-refractivity contribution in [3.8, 4) is 0 Å². The standard InChI is InChI=1S/C10H12N6O2/c1-15-10(12-13-14-15)11-7-6-8-2-4-9(5-3-8)16(17)18/h2-5H,6-7H2,1H3,(H,11,12,14). The van der Waals surface area contributed by atoms with Crippen LogP contribution < -0.4 is 5.32 Å². The Morgan fingerprint density at radius 2 is 2.11 bits per heavy atom. The quantitative estimate of drug-likeness (QED) is 0.620. The van der Waals surface area contributed by atoms with E-state index in [1.807, 2.05) is 0 Å². The first kappa shape index (κ1) is 12.0. The second-order valence-electron chi connectivity index (χ2n) is 3.73. The maximum absolute atomic E-state index is 10.5. The van der Waals surface area contributed by atoms with Crippen molar-refractivity contribution in [1.29, 1.82) is 0 Å². The largest absolute Gasteiger partial charge is 0.353 e. The summed E-state index contributed by atoms with van der Waals surface area (Å²) in [5, 5.41) is 24.5. The molecule has 0 aliphatic rings. The van der Waals surface area contributed by atoms with Crippen LogP contribution >= 0.6 is 0 Å². The van der Waals surface area contributed by atoms with E-state index in [1.54, 1.807) is 19.2 Å². The van der Waals surface area contributed by atoms with Gasteiger partial charge < -0.3 is 5.32 Å². The predicted molar refractivity (Wildman–Crippen MR) is 64.1 cm³/mol. The molecule has 0 atom stereocenters. The third kappa shape index (κ3) is 2.78. The Kier molecular flexibility index (Phi) is 3.46. The number of benzene rings is 1. The van der Waals surface area contributed by atoms with Gasteiger partial charge in [0.1, 0.15) is 0 Å². The monoisotopic (exact) mass is 248 g/mol. The van der Waals surface area contributed by atoms with Crippen molar-refractivity contribution in [3.05, 3.63) is 39.9 Å². The minimum atomic E-state index is -0.409.